The number of ether oxygens (including phenoxy) is 1. The molecule has 1 aromatic heterocycles. The van der Waals surface area contributed by atoms with Crippen LogP contribution in [0.1, 0.15) is 25.1 Å². The zero-order valence-electron chi connectivity index (χ0n) is 13.2. The van der Waals surface area contributed by atoms with Gasteiger partial charge in [-0.15, -0.1) is 0 Å². The minimum atomic E-state index is 0.344. The third kappa shape index (κ3) is 3.94. The predicted octanol–water partition coefficient (Wildman–Crippen LogP) is 3.63. The van der Waals surface area contributed by atoms with Gasteiger partial charge in [-0.3, -0.25) is 4.90 Å². The van der Waals surface area contributed by atoms with E-state index in [1.165, 1.54) is 19.3 Å². The Hall–Kier alpha value is -1.37. The van der Waals surface area contributed by atoms with Gasteiger partial charge >= 0.3 is 0 Å². The second-order valence-corrected chi connectivity index (χ2v) is 6.57. The molecule has 23 heavy (non-hydrogen) atoms. The molecule has 0 aliphatic carbocycles. The van der Waals surface area contributed by atoms with E-state index in [1.807, 2.05) is 40.6 Å². The van der Waals surface area contributed by atoms with Crippen LogP contribution in [0.4, 0.5) is 0 Å². The summed E-state index contributed by atoms with van der Waals surface area (Å²) in [6.07, 6.45) is 3.83. The number of rotatable bonds is 5. The van der Waals surface area contributed by atoms with Gasteiger partial charge in [0, 0.05) is 7.05 Å². The number of nitrogens with zero attached hydrogens (tertiary/aromatic N) is 4. The summed E-state index contributed by atoms with van der Waals surface area (Å²) < 4.78 is 10.3. The van der Waals surface area contributed by atoms with Crippen molar-refractivity contribution in [2.75, 3.05) is 13.1 Å². The van der Waals surface area contributed by atoms with Gasteiger partial charge in [0.15, 0.2) is 10.6 Å². The molecule has 0 amide bonds. The van der Waals surface area contributed by atoms with Crippen molar-refractivity contribution >= 4 is 23.8 Å². The van der Waals surface area contributed by atoms with Crippen LogP contribution in [0.25, 0.3) is 0 Å². The molecule has 0 atom stereocenters. The van der Waals surface area contributed by atoms with Crippen molar-refractivity contribution in [2.45, 2.75) is 32.5 Å². The van der Waals surface area contributed by atoms with Crippen LogP contribution in [-0.2, 0) is 20.3 Å². The van der Waals surface area contributed by atoms with E-state index in [0.717, 1.165) is 25.6 Å². The van der Waals surface area contributed by atoms with E-state index in [9.17, 15) is 0 Å². The summed E-state index contributed by atoms with van der Waals surface area (Å²) in [5.41, 5.74) is 0. The van der Waals surface area contributed by atoms with Crippen LogP contribution in [-0.4, -0.2) is 32.3 Å². The lowest BCUT2D eigenvalue weighted by molar-refractivity contribution is 0.171. The highest BCUT2D eigenvalue weighted by molar-refractivity contribution is 7.71. The van der Waals surface area contributed by atoms with Gasteiger partial charge < -0.3 is 9.30 Å². The lowest BCUT2D eigenvalue weighted by Gasteiger charge is -2.25. The van der Waals surface area contributed by atoms with Crippen LogP contribution >= 0.6 is 23.8 Å². The Morgan fingerprint density at radius 2 is 1.96 bits per heavy atom. The number of hydrogen-bond donors (Lipinski definition) is 0. The van der Waals surface area contributed by atoms with Crippen molar-refractivity contribution in [3.63, 3.8) is 0 Å². The molecular formula is C16H21ClN4OS. The van der Waals surface area contributed by atoms with Gasteiger partial charge in [-0.1, -0.05) is 30.2 Å². The second-order valence-electron chi connectivity index (χ2n) is 5.80. The van der Waals surface area contributed by atoms with E-state index in [2.05, 4.69) is 10.00 Å². The van der Waals surface area contributed by atoms with Gasteiger partial charge in [0.25, 0.3) is 0 Å². The molecule has 0 saturated carbocycles. The Labute approximate surface area is 146 Å². The van der Waals surface area contributed by atoms with Crippen molar-refractivity contribution in [1.82, 2.24) is 19.2 Å². The fraction of sp³-hybridized carbons (Fsp3) is 0.500. The SMILES string of the molecule is Cn1c(COc2ccccc2Cl)nn(CN2CCCCC2)c1=S. The van der Waals surface area contributed by atoms with E-state index in [-0.39, 0.29) is 0 Å². The van der Waals surface area contributed by atoms with E-state index in [4.69, 9.17) is 28.6 Å². The first-order chi connectivity index (χ1) is 11.1. The van der Waals surface area contributed by atoms with E-state index < -0.39 is 0 Å². The van der Waals surface area contributed by atoms with Crippen molar-refractivity contribution in [2.24, 2.45) is 7.05 Å². The van der Waals surface area contributed by atoms with Crippen LogP contribution in [0.15, 0.2) is 24.3 Å². The van der Waals surface area contributed by atoms with Gasteiger partial charge in [0.2, 0.25) is 0 Å². The van der Waals surface area contributed by atoms with Crippen molar-refractivity contribution in [1.29, 1.82) is 0 Å². The van der Waals surface area contributed by atoms with E-state index in [1.54, 1.807) is 0 Å². The molecule has 1 aromatic carbocycles. The summed E-state index contributed by atoms with van der Waals surface area (Å²) in [5.74, 6) is 1.46. The molecule has 1 aliphatic rings. The highest BCUT2D eigenvalue weighted by Crippen LogP contribution is 2.23. The summed E-state index contributed by atoms with van der Waals surface area (Å²) in [5, 5.41) is 5.21. The van der Waals surface area contributed by atoms with Gasteiger partial charge in [-0.2, -0.15) is 5.10 Å². The summed E-state index contributed by atoms with van der Waals surface area (Å²) in [4.78, 5) is 2.39. The summed E-state index contributed by atoms with van der Waals surface area (Å²) >= 11 is 11.6. The number of aromatic nitrogens is 3. The molecule has 5 nitrogen and oxygen atoms in total. The molecule has 124 valence electrons. The number of piperidine rings is 1. The van der Waals surface area contributed by atoms with Crippen molar-refractivity contribution < 1.29 is 4.74 Å². The molecule has 1 aliphatic heterocycles. The quantitative estimate of drug-likeness (QED) is 0.770. The maximum absolute atomic E-state index is 6.11. The third-order valence-corrected chi connectivity index (χ3v) is 4.90. The lowest BCUT2D eigenvalue weighted by Crippen LogP contribution is -2.32. The zero-order chi connectivity index (χ0) is 16.2. The molecule has 2 heterocycles. The standard InChI is InChI=1S/C16H21ClN4OS/c1-19-15(11-22-14-8-4-3-7-13(14)17)18-21(16(19)23)12-20-9-5-2-6-10-20/h3-4,7-8H,2,5-6,9-12H2,1H3. The third-order valence-electron chi connectivity index (χ3n) is 4.11. The zero-order valence-corrected chi connectivity index (χ0v) is 14.8. The minimum Gasteiger partial charge on any atom is -0.484 e. The molecule has 3 rings (SSSR count). The largest absolute Gasteiger partial charge is 0.484 e. The van der Waals surface area contributed by atoms with E-state index >= 15 is 0 Å². The molecule has 0 bridgehead atoms. The number of para-hydroxylation sites is 1. The highest BCUT2D eigenvalue weighted by atomic mass is 35.5. The Balaban J connectivity index is 1.69. The number of halogens is 1. The average molecular weight is 353 g/mol. The van der Waals surface area contributed by atoms with Gasteiger partial charge in [0.1, 0.15) is 12.4 Å². The summed E-state index contributed by atoms with van der Waals surface area (Å²) in [6, 6.07) is 7.44. The normalized spacial score (nSPS) is 15.7. The van der Waals surface area contributed by atoms with Gasteiger partial charge in [0.05, 0.1) is 11.7 Å². The van der Waals surface area contributed by atoms with E-state index in [0.29, 0.717) is 22.2 Å². The summed E-state index contributed by atoms with van der Waals surface area (Å²) in [6.45, 7) is 3.32. The van der Waals surface area contributed by atoms with Crippen LogP contribution in [0.3, 0.4) is 0 Å². The van der Waals surface area contributed by atoms with Crippen LogP contribution in [0.5, 0.6) is 5.75 Å². The molecule has 0 spiro atoms. The smallest absolute Gasteiger partial charge is 0.198 e. The second kappa shape index (κ2) is 7.47. The number of hydrogen-bond acceptors (Lipinski definition) is 4. The van der Waals surface area contributed by atoms with Crippen LogP contribution < -0.4 is 4.74 Å². The first-order valence-electron chi connectivity index (χ1n) is 7.87. The van der Waals surface area contributed by atoms with Crippen LogP contribution in [0.2, 0.25) is 5.02 Å². The van der Waals surface area contributed by atoms with Crippen molar-refractivity contribution in [3.8, 4) is 5.75 Å². The first-order valence-corrected chi connectivity index (χ1v) is 8.66. The molecule has 0 unspecified atom stereocenters. The molecule has 7 heteroatoms. The monoisotopic (exact) mass is 352 g/mol. The minimum absolute atomic E-state index is 0.344. The van der Waals surface area contributed by atoms with Crippen LogP contribution in [0, 0.1) is 4.77 Å². The molecular weight excluding hydrogens is 332 g/mol. The molecule has 1 saturated heterocycles. The average Bonchev–Trinajstić information content (AvgIpc) is 2.83. The van der Waals surface area contributed by atoms with Gasteiger partial charge in [-0.25, -0.2) is 4.68 Å². The fourth-order valence-corrected chi connectivity index (χ4v) is 3.14. The summed E-state index contributed by atoms with van der Waals surface area (Å²) in [7, 11) is 1.92. The Kier molecular flexibility index (Phi) is 5.35. The first kappa shape index (κ1) is 16.5. The fourth-order valence-electron chi connectivity index (χ4n) is 2.74. The highest BCUT2D eigenvalue weighted by Gasteiger charge is 2.14. The molecule has 0 radical (unpaired) electrons. The maximum Gasteiger partial charge on any atom is 0.198 e. The number of benzene rings is 1. The maximum atomic E-state index is 6.11. The Bertz CT molecular complexity index is 721. The Morgan fingerprint density at radius 3 is 2.70 bits per heavy atom. The molecule has 0 N–H and O–H groups in total. The molecule has 1 fully saturated rings. The Morgan fingerprint density at radius 1 is 1.22 bits per heavy atom. The number of likely N-dealkylation sites (tertiary alicyclic amines) is 1. The van der Waals surface area contributed by atoms with Crippen molar-refractivity contribution in [3.05, 3.63) is 39.9 Å². The lowest BCUT2D eigenvalue weighted by atomic mass is 10.1. The van der Waals surface area contributed by atoms with Gasteiger partial charge in [-0.05, 0) is 50.3 Å². The predicted molar refractivity (Wildman–Crippen MR) is 93.2 cm³/mol. The topological polar surface area (TPSA) is 35.2 Å². The molecule has 2 aromatic rings.